The number of carbonyl (C=O) groups is 1. The molecule has 2 aliphatic rings. The van der Waals surface area contributed by atoms with Crippen LogP contribution in [0.25, 0.3) is 0 Å². The van der Waals surface area contributed by atoms with E-state index in [1.807, 2.05) is 0 Å². The number of hydrogen-bond donors (Lipinski definition) is 1. The fourth-order valence-electron chi connectivity index (χ4n) is 3.51. The lowest BCUT2D eigenvalue weighted by atomic mass is 10.0. The van der Waals surface area contributed by atoms with Crippen molar-refractivity contribution >= 4 is 5.97 Å². The third-order valence-electron chi connectivity index (χ3n) is 4.66. The SMILES string of the molecule is O=C(OCCCCC(CO[N+](=O)[O-])O[N+](=O)[O-])C1CC2CCCC2N1. The molecule has 1 saturated carbocycles. The Morgan fingerprint density at radius 2 is 2.00 bits per heavy atom. The van der Waals surface area contributed by atoms with E-state index in [9.17, 15) is 25.0 Å². The molecule has 0 aromatic rings. The standard InChI is InChI=1S/C14H23N3O8/c18-14(13-8-10-4-3-6-12(10)15-13)23-7-2-1-5-11(25-17(21)22)9-24-16(19)20/h10-13,15H,1-9H2. The van der Waals surface area contributed by atoms with E-state index in [1.54, 1.807) is 0 Å². The van der Waals surface area contributed by atoms with E-state index >= 15 is 0 Å². The van der Waals surface area contributed by atoms with Crippen LogP contribution in [-0.4, -0.2) is 47.5 Å². The summed E-state index contributed by atoms with van der Waals surface area (Å²) in [5.41, 5.74) is 0. The van der Waals surface area contributed by atoms with Crippen molar-refractivity contribution in [2.45, 2.75) is 63.1 Å². The smallest absolute Gasteiger partial charge is 0.323 e. The van der Waals surface area contributed by atoms with E-state index in [4.69, 9.17) is 4.74 Å². The summed E-state index contributed by atoms with van der Waals surface area (Å²) >= 11 is 0. The van der Waals surface area contributed by atoms with Crippen LogP contribution < -0.4 is 5.32 Å². The van der Waals surface area contributed by atoms with Gasteiger partial charge in [0.05, 0.1) is 6.61 Å². The van der Waals surface area contributed by atoms with Crippen LogP contribution in [0.5, 0.6) is 0 Å². The fraction of sp³-hybridized carbons (Fsp3) is 0.929. The molecule has 25 heavy (non-hydrogen) atoms. The van der Waals surface area contributed by atoms with Crippen molar-refractivity contribution in [3.8, 4) is 0 Å². The van der Waals surface area contributed by atoms with Crippen molar-refractivity contribution in [2.24, 2.45) is 5.92 Å². The second kappa shape index (κ2) is 9.35. The number of carbonyl (C=O) groups excluding carboxylic acids is 1. The Bertz CT molecular complexity index is 477. The molecule has 0 radical (unpaired) electrons. The minimum Gasteiger partial charge on any atom is -0.465 e. The van der Waals surface area contributed by atoms with Gasteiger partial charge in [0, 0.05) is 6.04 Å². The monoisotopic (exact) mass is 361 g/mol. The average molecular weight is 361 g/mol. The van der Waals surface area contributed by atoms with Gasteiger partial charge in [-0.05, 0) is 44.4 Å². The Kier molecular flexibility index (Phi) is 7.16. The lowest BCUT2D eigenvalue weighted by Gasteiger charge is -2.14. The highest BCUT2D eigenvalue weighted by Gasteiger charge is 2.40. The van der Waals surface area contributed by atoms with Crippen LogP contribution in [0.2, 0.25) is 0 Å². The Morgan fingerprint density at radius 1 is 1.20 bits per heavy atom. The van der Waals surface area contributed by atoms with Crippen LogP contribution >= 0.6 is 0 Å². The molecule has 1 heterocycles. The molecule has 2 rings (SSSR count). The molecule has 4 unspecified atom stereocenters. The van der Waals surface area contributed by atoms with Crippen molar-refractivity contribution < 1.29 is 29.4 Å². The number of nitrogens with one attached hydrogen (secondary N) is 1. The first kappa shape index (κ1) is 19.2. The largest absolute Gasteiger partial charge is 0.465 e. The minimum atomic E-state index is -1.03. The Balaban J connectivity index is 1.58. The lowest BCUT2D eigenvalue weighted by Crippen LogP contribution is -2.36. The van der Waals surface area contributed by atoms with Crippen LogP contribution in [0.15, 0.2) is 0 Å². The Labute approximate surface area is 144 Å². The van der Waals surface area contributed by atoms with Crippen molar-refractivity contribution in [2.75, 3.05) is 13.2 Å². The van der Waals surface area contributed by atoms with Gasteiger partial charge in [0.25, 0.3) is 10.2 Å². The summed E-state index contributed by atoms with van der Waals surface area (Å²) in [5.74, 6) is 0.309. The van der Waals surface area contributed by atoms with E-state index in [1.165, 1.54) is 6.42 Å². The first-order chi connectivity index (χ1) is 12.0. The maximum Gasteiger partial charge on any atom is 0.323 e. The number of ether oxygens (including phenoxy) is 1. The van der Waals surface area contributed by atoms with Gasteiger partial charge in [-0.1, -0.05) is 6.42 Å². The van der Waals surface area contributed by atoms with Crippen LogP contribution in [0.4, 0.5) is 0 Å². The van der Waals surface area contributed by atoms with Gasteiger partial charge in [0.15, 0.2) is 0 Å². The summed E-state index contributed by atoms with van der Waals surface area (Å²) in [4.78, 5) is 40.9. The topological polar surface area (TPSA) is 143 Å². The molecule has 1 saturated heterocycles. The van der Waals surface area contributed by atoms with Crippen molar-refractivity contribution in [1.82, 2.24) is 5.32 Å². The summed E-state index contributed by atoms with van der Waals surface area (Å²) in [5, 5.41) is 21.8. The Hall–Kier alpha value is -2.17. The van der Waals surface area contributed by atoms with Gasteiger partial charge in [-0.25, -0.2) is 0 Å². The van der Waals surface area contributed by atoms with Crippen molar-refractivity contribution in [3.63, 3.8) is 0 Å². The van der Waals surface area contributed by atoms with E-state index in [0.717, 1.165) is 19.3 Å². The van der Waals surface area contributed by atoms with Crippen LogP contribution in [0.1, 0.15) is 44.9 Å². The predicted molar refractivity (Wildman–Crippen MR) is 82.3 cm³/mol. The van der Waals surface area contributed by atoms with Gasteiger partial charge in [0.2, 0.25) is 0 Å². The molecular weight excluding hydrogens is 338 g/mol. The molecule has 2 fully saturated rings. The summed E-state index contributed by atoms with van der Waals surface area (Å²) in [6.45, 7) is -0.309. The van der Waals surface area contributed by atoms with Crippen LogP contribution in [-0.2, 0) is 19.2 Å². The number of hydrogen-bond acceptors (Lipinski definition) is 9. The molecule has 142 valence electrons. The molecule has 0 aromatic carbocycles. The summed E-state index contributed by atoms with van der Waals surface area (Å²) in [6, 6.07) is 0.188. The predicted octanol–water partition coefficient (Wildman–Crippen LogP) is 1.02. The molecule has 11 nitrogen and oxygen atoms in total. The maximum atomic E-state index is 12.0. The van der Waals surface area contributed by atoms with Gasteiger partial charge >= 0.3 is 5.97 Å². The van der Waals surface area contributed by atoms with Gasteiger partial charge in [-0.3, -0.25) is 4.79 Å². The highest BCUT2D eigenvalue weighted by molar-refractivity contribution is 5.76. The normalized spacial score (nSPS) is 25.8. The summed E-state index contributed by atoms with van der Waals surface area (Å²) in [6.07, 6.45) is 4.41. The average Bonchev–Trinajstić information content (AvgIpc) is 3.12. The molecule has 1 aliphatic heterocycles. The molecule has 0 aromatic heterocycles. The third kappa shape index (κ3) is 6.33. The van der Waals surface area contributed by atoms with Crippen LogP contribution in [0, 0.1) is 26.1 Å². The summed E-state index contributed by atoms with van der Waals surface area (Å²) in [7, 11) is 0. The van der Waals surface area contributed by atoms with Gasteiger partial charge < -0.3 is 19.7 Å². The molecule has 1 aliphatic carbocycles. The number of unbranched alkanes of at least 4 members (excludes halogenated alkanes) is 1. The minimum absolute atomic E-state index is 0.193. The summed E-state index contributed by atoms with van der Waals surface area (Å²) < 4.78 is 5.24. The molecule has 4 atom stereocenters. The van der Waals surface area contributed by atoms with E-state index in [-0.39, 0.29) is 25.0 Å². The van der Waals surface area contributed by atoms with Crippen molar-refractivity contribution in [3.05, 3.63) is 20.2 Å². The second-order valence-electron chi connectivity index (χ2n) is 6.39. The van der Waals surface area contributed by atoms with Gasteiger partial charge in [0.1, 0.15) is 18.8 Å². The number of esters is 1. The number of nitrogens with zero attached hydrogens (tertiary/aromatic N) is 2. The molecule has 0 spiro atoms. The molecule has 0 bridgehead atoms. The zero-order valence-corrected chi connectivity index (χ0v) is 13.8. The van der Waals surface area contributed by atoms with Gasteiger partial charge in [-0.15, -0.1) is 20.2 Å². The molecule has 1 N–H and O–H groups in total. The number of fused-ring (bicyclic) bond motifs is 1. The van der Waals surface area contributed by atoms with Crippen molar-refractivity contribution in [1.29, 1.82) is 0 Å². The van der Waals surface area contributed by atoms with E-state index in [2.05, 4.69) is 15.0 Å². The zero-order valence-electron chi connectivity index (χ0n) is 13.8. The van der Waals surface area contributed by atoms with Gasteiger partial charge in [-0.2, -0.15) is 0 Å². The van der Waals surface area contributed by atoms with E-state index in [0.29, 0.717) is 24.8 Å². The zero-order chi connectivity index (χ0) is 18.2. The Morgan fingerprint density at radius 3 is 2.68 bits per heavy atom. The lowest BCUT2D eigenvalue weighted by molar-refractivity contribution is -0.790. The quantitative estimate of drug-likeness (QED) is 0.247. The third-order valence-corrected chi connectivity index (χ3v) is 4.66. The highest BCUT2D eigenvalue weighted by atomic mass is 17.0. The maximum absolute atomic E-state index is 12.0. The number of rotatable bonds is 11. The first-order valence-corrected chi connectivity index (χ1v) is 8.47. The first-order valence-electron chi connectivity index (χ1n) is 8.47. The molecule has 11 heteroatoms. The van der Waals surface area contributed by atoms with E-state index < -0.39 is 22.9 Å². The van der Waals surface area contributed by atoms with Crippen LogP contribution in [0.3, 0.4) is 0 Å². The highest BCUT2D eigenvalue weighted by Crippen LogP contribution is 2.34. The molecule has 0 amide bonds. The fourth-order valence-corrected chi connectivity index (χ4v) is 3.51. The second-order valence-corrected chi connectivity index (χ2v) is 6.39. The molecular formula is C14H23N3O8.